The lowest BCUT2D eigenvalue weighted by molar-refractivity contribution is 0.211. The summed E-state index contributed by atoms with van der Waals surface area (Å²) in [6.45, 7) is 2.75. The molecule has 0 unspecified atom stereocenters. The average Bonchev–Trinajstić information content (AvgIpc) is 3.45. The molecule has 6 heterocycles. The van der Waals surface area contributed by atoms with Crippen LogP contribution in [0.3, 0.4) is 0 Å². The fourth-order valence-corrected chi connectivity index (χ4v) is 5.82. The molecule has 1 aromatic carbocycles. The second kappa shape index (κ2) is 12.1. The summed E-state index contributed by atoms with van der Waals surface area (Å²) < 4.78 is 15.7. The third-order valence-electron chi connectivity index (χ3n) is 8.09. The molecule has 0 bridgehead atoms. The lowest BCUT2D eigenvalue weighted by atomic mass is 10.0. The summed E-state index contributed by atoms with van der Waals surface area (Å²) in [5, 5.41) is 12.5. The fourth-order valence-electron chi connectivity index (χ4n) is 5.82. The highest BCUT2D eigenvalue weighted by molar-refractivity contribution is 5.90. The molecule has 7 rings (SSSR count). The van der Waals surface area contributed by atoms with Gasteiger partial charge in [0.05, 0.1) is 28.6 Å². The molecule has 0 saturated carbocycles. The number of likely N-dealkylation sites (tertiary alicyclic amines) is 1. The molecule has 1 fully saturated rings. The maximum Gasteiger partial charge on any atom is 0.234 e. The molecule has 3 N–H and O–H groups in total. The molecule has 0 spiro atoms. The lowest BCUT2D eigenvalue weighted by Crippen LogP contribution is -2.38. The van der Waals surface area contributed by atoms with Crippen molar-refractivity contribution in [2.45, 2.75) is 25.4 Å². The van der Waals surface area contributed by atoms with Gasteiger partial charge in [0.15, 0.2) is 0 Å². The van der Waals surface area contributed by atoms with E-state index in [0.717, 1.165) is 66.0 Å². The second-order valence-corrected chi connectivity index (χ2v) is 11.0. The number of hydrogen-bond donors (Lipinski definition) is 2. The number of nitriles is 1. The Bertz CT molecular complexity index is 2010. The quantitative estimate of drug-likeness (QED) is 0.241. The second-order valence-electron chi connectivity index (χ2n) is 11.0. The zero-order valence-corrected chi connectivity index (χ0v) is 24.3. The van der Waals surface area contributed by atoms with E-state index < -0.39 is 0 Å². The van der Waals surface area contributed by atoms with Crippen LogP contribution in [0.25, 0.3) is 39.2 Å². The van der Waals surface area contributed by atoms with Crippen molar-refractivity contribution in [2.75, 3.05) is 24.1 Å². The van der Waals surface area contributed by atoms with E-state index in [-0.39, 0.29) is 11.6 Å². The molecule has 5 aromatic heterocycles. The van der Waals surface area contributed by atoms with Gasteiger partial charge >= 0.3 is 0 Å². The topological polar surface area (TPSA) is 134 Å². The van der Waals surface area contributed by atoms with Gasteiger partial charge in [-0.3, -0.25) is 14.9 Å². The lowest BCUT2D eigenvalue weighted by Gasteiger charge is -2.32. The largest absolute Gasteiger partial charge is 0.383 e. The number of anilines is 2. The molecule has 0 atom stereocenters. The molecule has 0 aliphatic carbocycles. The summed E-state index contributed by atoms with van der Waals surface area (Å²) in [5.74, 6) is 0.911. The van der Waals surface area contributed by atoms with Crippen molar-refractivity contribution in [1.82, 2.24) is 34.4 Å². The normalized spacial score (nSPS) is 14.0. The molecule has 45 heavy (non-hydrogen) atoms. The molecular weight excluding hydrogens is 567 g/mol. The van der Waals surface area contributed by atoms with E-state index in [4.69, 9.17) is 16.0 Å². The van der Waals surface area contributed by atoms with Gasteiger partial charge < -0.3 is 15.6 Å². The number of nitrogens with one attached hydrogen (secondary N) is 1. The molecule has 0 radical (unpaired) electrons. The van der Waals surface area contributed by atoms with Gasteiger partial charge in [0.1, 0.15) is 23.5 Å². The number of nitrogens with zero attached hydrogens (tertiary/aromatic N) is 8. The van der Waals surface area contributed by atoms with Gasteiger partial charge in [0.25, 0.3) is 0 Å². The number of aromatic nitrogens is 6. The van der Waals surface area contributed by atoms with E-state index in [1.807, 2.05) is 30.3 Å². The Morgan fingerprint density at radius 3 is 2.53 bits per heavy atom. The number of pyridine rings is 3. The van der Waals surface area contributed by atoms with Gasteiger partial charge in [-0.2, -0.15) is 5.26 Å². The zero-order chi connectivity index (χ0) is 30.8. The SMILES string of the molecule is N#Cc1nccc(NC2CCN(Cc3ccc(-n4c(-c5cccnc5N)cc5ncc(-c6ccc(F)cn6)cc54)cc3)CC2)n1. The minimum atomic E-state index is -0.385. The Kier molecular flexibility index (Phi) is 7.55. The summed E-state index contributed by atoms with van der Waals surface area (Å²) >= 11 is 0. The maximum absolute atomic E-state index is 13.6. The number of rotatable bonds is 7. The number of fused-ring (bicyclic) bond motifs is 1. The molecule has 222 valence electrons. The number of piperidine rings is 1. The highest BCUT2D eigenvalue weighted by Crippen LogP contribution is 2.34. The van der Waals surface area contributed by atoms with E-state index in [1.165, 1.54) is 17.8 Å². The molecule has 1 aliphatic heterocycles. The molecule has 11 heteroatoms. The molecule has 1 saturated heterocycles. The van der Waals surface area contributed by atoms with E-state index in [9.17, 15) is 4.39 Å². The molecule has 0 amide bonds. The highest BCUT2D eigenvalue weighted by Gasteiger charge is 2.21. The van der Waals surface area contributed by atoms with Gasteiger partial charge in [-0.15, -0.1) is 0 Å². The molecule has 10 nitrogen and oxygen atoms in total. The van der Waals surface area contributed by atoms with Crippen LogP contribution in [0, 0.1) is 17.1 Å². The summed E-state index contributed by atoms with van der Waals surface area (Å²) in [6.07, 6.45) is 8.21. The van der Waals surface area contributed by atoms with Crippen molar-refractivity contribution in [2.24, 2.45) is 0 Å². The van der Waals surface area contributed by atoms with Gasteiger partial charge in [0.2, 0.25) is 5.82 Å². The third kappa shape index (κ3) is 5.91. The summed E-state index contributed by atoms with van der Waals surface area (Å²) in [7, 11) is 0. The van der Waals surface area contributed by atoms with Crippen molar-refractivity contribution in [3.8, 4) is 34.3 Å². The van der Waals surface area contributed by atoms with Crippen molar-refractivity contribution >= 4 is 22.7 Å². The van der Waals surface area contributed by atoms with Crippen molar-refractivity contribution in [3.05, 3.63) is 109 Å². The number of halogens is 1. The number of nitrogens with two attached hydrogens (primary N) is 1. The van der Waals surface area contributed by atoms with Crippen LogP contribution in [0.5, 0.6) is 0 Å². The molecule has 6 aromatic rings. The minimum absolute atomic E-state index is 0.173. The van der Waals surface area contributed by atoms with Crippen LogP contribution in [0.4, 0.5) is 16.0 Å². The van der Waals surface area contributed by atoms with Crippen LogP contribution in [-0.2, 0) is 6.54 Å². The molecular formula is C34H29FN10. The van der Waals surface area contributed by atoms with Crippen molar-refractivity contribution in [3.63, 3.8) is 0 Å². The number of hydrogen-bond acceptors (Lipinski definition) is 9. The van der Waals surface area contributed by atoms with Crippen molar-refractivity contribution < 1.29 is 4.39 Å². The van der Waals surface area contributed by atoms with Crippen LogP contribution in [0.2, 0.25) is 0 Å². The fraction of sp³-hybridized carbons (Fsp3) is 0.176. The highest BCUT2D eigenvalue weighted by atomic mass is 19.1. The molecule has 1 aliphatic rings. The van der Waals surface area contributed by atoms with E-state index in [0.29, 0.717) is 23.4 Å². The first-order valence-electron chi connectivity index (χ1n) is 14.7. The number of nitrogen functional groups attached to an aromatic ring is 1. The van der Waals surface area contributed by atoms with Gasteiger partial charge in [-0.1, -0.05) is 12.1 Å². The van der Waals surface area contributed by atoms with E-state index in [1.54, 1.807) is 30.7 Å². The Balaban J connectivity index is 1.13. The van der Waals surface area contributed by atoms with Crippen LogP contribution < -0.4 is 11.1 Å². The zero-order valence-electron chi connectivity index (χ0n) is 24.3. The third-order valence-corrected chi connectivity index (χ3v) is 8.09. The van der Waals surface area contributed by atoms with Gasteiger partial charge in [-0.05, 0) is 73.0 Å². The van der Waals surface area contributed by atoms with Gasteiger partial charge in [0, 0.05) is 61.1 Å². The predicted octanol–water partition coefficient (Wildman–Crippen LogP) is 5.61. The Morgan fingerprint density at radius 2 is 1.78 bits per heavy atom. The summed E-state index contributed by atoms with van der Waals surface area (Å²) in [5.41, 5.74) is 13.3. The minimum Gasteiger partial charge on any atom is -0.383 e. The monoisotopic (exact) mass is 596 g/mol. The summed E-state index contributed by atoms with van der Waals surface area (Å²) in [4.78, 5) is 23.9. The smallest absolute Gasteiger partial charge is 0.234 e. The summed E-state index contributed by atoms with van der Waals surface area (Å²) in [6, 6.07) is 23.5. The van der Waals surface area contributed by atoms with Crippen LogP contribution in [0.15, 0.2) is 91.5 Å². The average molecular weight is 597 g/mol. The van der Waals surface area contributed by atoms with Crippen LogP contribution in [-0.4, -0.2) is 53.5 Å². The Hall–Kier alpha value is -5.73. The first-order valence-corrected chi connectivity index (χ1v) is 14.7. The van der Waals surface area contributed by atoms with E-state index >= 15 is 0 Å². The van der Waals surface area contributed by atoms with Crippen LogP contribution >= 0.6 is 0 Å². The van der Waals surface area contributed by atoms with E-state index in [2.05, 4.69) is 59.0 Å². The first-order chi connectivity index (χ1) is 22.0. The first kappa shape index (κ1) is 28.1. The Labute approximate surface area is 259 Å². The maximum atomic E-state index is 13.6. The van der Waals surface area contributed by atoms with Crippen molar-refractivity contribution in [1.29, 1.82) is 5.26 Å². The van der Waals surface area contributed by atoms with Gasteiger partial charge in [-0.25, -0.2) is 19.3 Å². The van der Waals surface area contributed by atoms with Crippen LogP contribution in [0.1, 0.15) is 24.2 Å². The standard InChI is InChI=1S/C34H29FN10/c35-24-5-8-28(41-20-24)23-16-31-29(40-19-23)17-30(27-2-1-12-39-34(27)37)45(31)26-6-3-22(4-7-26)21-44-14-10-25(11-15-44)42-32-9-13-38-33(18-36)43-32/h1-9,12-13,16-17,19-20,25H,10-11,14-15,21H2,(H2,37,39)(H,38,42,43). The number of benzene rings is 1. The Morgan fingerprint density at radius 1 is 0.933 bits per heavy atom. The predicted molar refractivity (Wildman–Crippen MR) is 171 cm³/mol.